The van der Waals surface area contributed by atoms with E-state index in [1.807, 2.05) is 55.5 Å². The minimum Gasteiger partial charge on any atom is -0.352 e. The van der Waals surface area contributed by atoms with Crippen LogP contribution in [0.5, 0.6) is 0 Å². The van der Waals surface area contributed by atoms with E-state index in [0.29, 0.717) is 6.54 Å². The SMILES string of the molecule is Cc1ccc(/C=C/C(=O)NCCSCc2cccc(Cl)c2)cc1. The van der Waals surface area contributed by atoms with E-state index in [1.165, 1.54) is 11.1 Å². The molecule has 0 aliphatic heterocycles. The Hall–Kier alpha value is -1.71. The van der Waals surface area contributed by atoms with Gasteiger partial charge in [-0.1, -0.05) is 53.6 Å². The molecule has 1 amide bonds. The highest BCUT2D eigenvalue weighted by molar-refractivity contribution is 7.98. The highest BCUT2D eigenvalue weighted by Gasteiger charge is 1.97. The molecular weight excluding hydrogens is 326 g/mol. The normalized spacial score (nSPS) is 10.9. The molecule has 0 atom stereocenters. The molecule has 0 saturated heterocycles. The van der Waals surface area contributed by atoms with E-state index in [9.17, 15) is 4.79 Å². The second kappa shape index (κ2) is 9.43. The van der Waals surface area contributed by atoms with Crippen LogP contribution < -0.4 is 5.32 Å². The molecule has 0 bridgehead atoms. The summed E-state index contributed by atoms with van der Waals surface area (Å²) in [6, 6.07) is 15.9. The van der Waals surface area contributed by atoms with E-state index in [0.717, 1.165) is 22.1 Å². The van der Waals surface area contributed by atoms with Crippen molar-refractivity contribution in [2.45, 2.75) is 12.7 Å². The number of aryl methyl sites for hydroxylation is 1. The second-order valence-corrected chi connectivity index (χ2v) is 6.76. The molecule has 2 aromatic carbocycles. The summed E-state index contributed by atoms with van der Waals surface area (Å²) in [7, 11) is 0. The predicted octanol–water partition coefficient (Wildman–Crippen LogP) is 4.71. The minimum absolute atomic E-state index is 0.0612. The molecule has 23 heavy (non-hydrogen) atoms. The van der Waals surface area contributed by atoms with Crippen molar-refractivity contribution in [3.8, 4) is 0 Å². The largest absolute Gasteiger partial charge is 0.352 e. The molecule has 0 aliphatic rings. The lowest BCUT2D eigenvalue weighted by molar-refractivity contribution is -0.116. The fraction of sp³-hybridized carbons (Fsp3) is 0.211. The third-order valence-electron chi connectivity index (χ3n) is 3.21. The molecule has 0 unspecified atom stereocenters. The van der Waals surface area contributed by atoms with Crippen LogP contribution in [0.3, 0.4) is 0 Å². The van der Waals surface area contributed by atoms with Gasteiger partial charge in [-0.3, -0.25) is 4.79 Å². The third-order valence-corrected chi connectivity index (χ3v) is 4.47. The van der Waals surface area contributed by atoms with Gasteiger partial charge >= 0.3 is 0 Å². The molecule has 1 N–H and O–H groups in total. The summed E-state index contributed by atoms with van der Waals surface area (Å²) in [6.07, 6.45) is 3.40. The Morgan fingerprint density at radius 3 is 2.74 bits per heavy atom. The van der Waals surface area contributed by atoms with E-state index in [2.05, 4.69) is 11.4 Å². The Balaban J connectivity index is 1.64. The molecule has 0 spiro atoms. The van der Waals surface area contributed by atoms with Crippen LogP contribution in [0, 0.1) is 6.92 Å². The third kappa shape index (κ3) is 6.93. The Bertz CT molecular complexity index is 667. The van der Waals surface area contributed by atoms with E-state index in [1.54, 1.807) is 17.8 Å². The van der Waals surface area contributed by atoms with Crippen LogP contribution in [0.1, 0.15) is 16.7 Å². The van der Waals surface area contributed by atoms with Gasteiger partial charge in [0.25, 0.3) is 0 Å². The minimum atomic E-state index is -0.0612. The smallest absolute Gasteiger partial charge is 0.244 e. The summed E-state index contributed by atoms with van der Waals surface area (Å²) >= 11 is 7.72. The van der Waals surface area contributed by atoms with Crippen molar-refractivity contribution >= 4 is 35.3 Å². The molecule has 0 radical (unpaired) electrons. The quantitative estimate of drug-likeness (QED) is 0.581. The molecule has 2 aromatic rings. The first kappa shape index (κ1) is 17.6. The van der Waals surface area contributed by atoms with E-state index >= 15 is 0 Å². The van der Waals surface area contributed by atoms with E-state index in [-0.39, 0.29) is 5.91 Å². The standard InChI is InChI=1S/C19H20ClNOS/c1-15-5-7-16(8-6-15)9-10-19(22)21-11-12-23-14-17-3-2-4-18(20)13-17/h2-10,13H,11-12,14H2,1H3,(H,21,22)/b10-9+. The van der Waals surface area contributed by atoms with Gasteiger partial charge in [0.1, 0.15) is 0 Å². The maximum absolute atomic E-state index is 11.7. The predicted molar refractivity (Wildman–Crippen MR) is 101 cm³/mol. The summed E-state index contributed by atoms with van der Waals surface area (Å²) in [5.74, 6) is 1.71. The van der Waals surface area contributed by atoms with Crippen LogP contribution in [-0.2, 0) is 10.5 Å². The number of amides is 1. The van der Waals surface area contributed by atoms with Crippen LogP contribution in [0.15, 0.2) is 54.6 Å². The van der Waals surface area contributed by atoms with E-state index in [4.69, 9.17) is 11.6 Å². The van der Waals surface area contributed by atoms with Gasteiger partial charge in [-0.2, -0.15) is 11.8 Å². The zero-order valence-corrected chi connectivity index (χ0v) is 14.7. The maximum atomic E-state index is 11.7. The number of thioether (sulfide) groups is 1. The first-order valence-corrected chi connectivity index (χ1v) is 9.01. The number of hydrogen-bond donors (Lipinski definition) is 1. The van der Waals surface area contributed by atoms with Crippen LogP contribution >= 0.6 is 23.4 Å². The maximum Gasteiger partial charge on any atom is 0.244 e. The summed E-state index contributed by atoms with van der Waals surface area (Å²) in [5.41, 5.74) is 3.44. The van der Waals surface area contributed by atoms with Crippen LogP contribution in [0.4, 0.5) is 0 Å². The number of benzene rings is 2. The number of carbonyl (C=O) groups excluding carboxylic acids is 1. The zero-order valence-electron chi connectivity index (χ0n) is 13.1. The molecule has 0 fully saturated rings. The summed E-state index contributed by atoms with van der Waals surface area (Å²) < 4.78 is 0. The fourth-order valence-electron chi connectivity index (χ4n) is 1.97. The fourth-order valence-corrected chi connectivity index (χ4v) is 2.99. The van der Waals surface area contributed by atoms with Crippen molar-refractivity contribution in [2.24, 2.45) is 0 Å². The Kier molecular flexibility index (Phi) is 7.24. The molecular formula is C19H20ClNOS. The summed E-state index contributed by atoms with van der Waals surface area (Å²) in [6.45, 7) is 2.70. The average molecular weight is 346 g/mol. The molecule has 120 valence electrons. The number of halogens is 1. The average Bonchev–Trinajstić information content (AvgIpc) is 2.54. The highest BCUT2D eigenvalue weighted by Crippen LogP contribution is 2.16. The van der Waals surface area contributed by atoms with Gasteiger partial charge in [0.2, 0.25) is 5.91 Å². The van der Waals surface area contributed by atoms with Crippen molar-refractivity contribution in [1.82, 2.24) is 5.32 Å². The zero-order chi connectivity index (χ0) is 16.5. The van der Waals surface area contributed by atoms with Gasteiger partial charge in [0.05, 0.1) is 0 Å². The number of nitrogens with one attached hydrogen (secondary N) is 1. The monoisotopic (exact) mass is 345 g/mol. The Morgan fingerprint density at radius 1 is 1.22 bits per heavy atom. The first-order chi connectivity index (χ1) is 11.1. The van der Waals surface area contributed by atoms with Crippen molar-refractivity contribution in [2.75, 3.05) is 12.3 Å². The topological polar surface area (TPSA) is 29.1 Å². The number of rotatable bonds is 7. The van der Waals surface area contributed by atoms with Crippen molar-refractivity contribution in [3.63, 3.8) is 0 Å². The van der Waals surface area contributed by atoms with Gasteiger partial charge in [0, 0.05) is 29.1 Å². The number of hydrogen-bond acceptors (Lipinski definition) is 2. The van der Waals surface area contributed by atoms with Crippen LogP contribution in [-0.4, -0.2) is 18.2 Å². The van der Waals surface area contributed by atoms with Gasteiger partial charge in [0.15, 0.2) is 0 Å². The first-order valence-electron chi connectivity index (χ1n) is 7.48. The van der Waals surface area contributed by atoms with Crippen LogP contribution in [0.2, 0.25) is 5.02 Å². The molecule has 0 heterocycles. The molecule has 2 rings (SSSR count). The Labute approximate surface area is 146 Å². The molecule has 0 aromatic heterocycles. The van der Waals surface area contributed by atoms with Gasteiger partial charge in [-0.25, -0.2) is 0 Å². The Morgan fingerprint density at radius 2 is 2.00 bits per heavy atom. The van der Waals surface area contributed by atoms with Crippen molar-refractivity contribution < 1.29 is 4.79 Å². The lowest BCUT2D eigenvalue weighted by Crippen LogP contribution is -2.23. The van der Waals surface area contributed by atoms with Gasteiger partial charge < -0.3 is 5.32 Å². The molecule has 0 aliphatic carbocycles. The van der Waals surface area contributed by atoms with E-state index < -0.39 is 0 Å². The number of carbonyl (C=O) groups is 1. The lowest BCUT2D eigenvalue weighted by atomic mass is 10.1. The molecule has 2 nitrogen and oxygen atoms in total. The van der Waals surface area contributed by atoms with Crippen LogP contribution in [0.25, 0.3) is 6.08 Å². The van der Waals surface area contributed by atoms with Crippen molar-refractivity contribution in [1.29, 1.82) is 0 Å². The van der Waals surface area contributed by atoms with Crippen molar-refractivity contribution in [3.05, 3.63) is 76.3 Å². The highest BCUT2D eigenvalue weighted by atomic mass is 35.5. The summed E-state index contributed by atoms with van der Waals surface area (Å²) in [4.78, 5) is 11.7. The van der Waals surface area contributed by atoms with Gasteiger partial charge in [-0.05, 0) is 36.3 Å². The molecule has 0 saturated carbocycles. The second-order valence-electron chi connectivity index (χ2n) is 5.22. The van der Waals surface area contributed by atoms with Gasteiger partial charge in [-0.15, -0.1) is 0 Å². The summed E-state index contributed by atoms with van der Waals surface area (Å²) in [5, 5.41) is 3.65. The molecule has 4 heteroatoms. The lowest BCUT2D eigenvalue weighted by Gasteiger charge is -2.03.